The number of carbonyl (C=O) groups excluding carboxylic acids is 1. The molecular formula is C31H25ClN2O7S. The van der Waals surface area contributed by atoms with Gasteiger partial charge in [-0.05, 0) is 48.4 Å². The van der Waals surface area contributed by atoms with E-state index in [1.54, 1.807) is 55.5 Å². The van der Waals surface area contributed by atoms with Gasteiger partial charge < -0.3 is 19.3 Å². The molecule has 3 aromatic carbocycles. The van der Waals surface area contributed by atoms with E-state index in [0.717, 1.165) is 0 Å². The Morgan fingerprint density at radius 1 is 1.07 bits per heavy atom. The van der Waals surface area contributed by atoms with Crippen LogP contribution in [-0.4, -0.2) is 41.9 Å². The van der Waals surface area contributed by atoms with E-state index in [4.69, 9.17) is 35.9 Å². The van der Waals surface area contributed by atoms with Crippen LogP contribution in [0.1, 0.15) is 29.7 Å². The van der Waals surface area contributed by atoms with Gasteiger partial charge in [0.1, 0.15) is 0 Å². The van der Waals surface area contributed by atoms with Crippen molar-refractivity contribution in [3.8, 4) is 11.5 Å². The zero-order valence-corrected chi connectivity index (χ0v) is 24.1. The van der Waals surface area contributed by atoms with Crippen molar-refractivity contribution in [1.82, 2.24) is 4.57 Å². The number of esters is 1. The summed E-state index contributed by atoms with van der Waals surface area (Å²) >= 11 is 7.36. The fraction of sp³-hybridized carbons (Fsp3) is 0.161. The molecule has 9 nitrogen and oxygen atoms in total. The number of carboxylic acid groups (broad SMARTS) is 1. The van der Waals surface area contributed by atoms with Crippen LogP contribution in [0.5, 0.6) is 11.5 Å². The number of hydrogen-bond acceptors (Lipinski definition) is 8. The Hall–Kier alpha value is -4.67. The highest BCUT2D eigenvalue weighted by Gasteiger charge is 2.35. The van der Waals surface area contributed by atoms with Gasteiger partial charge in [0.25, 0.3) is 5.56 Å². The lowest BCUT2D eigenvalue weighted by Crippen LogP contribution is -2.40. The summed E-state index contributed by atoms with van der Waals surface area (Å²) in [4.78, 5) is 43.6. The van der Waals surface area contributed by atoms with Crippen LogP contribution in [0.2, 0.25) is 5.02 Å². The van der Waals surface area contributed by atoms with Crippen LogP contribution < -0.4 is 24.4 Å². The van der Waals surface area contributed by atoms with Crippen molar-refractivity contribution in [3.63, 3.8) is 0 Å². The smallest absolute Gasteiger partial charge is 0.341 e. The van der Waals surface area contributed by atoms with Gasteiger partial charge in [-0.15, -0.1) is 0 Å². The zero-order valence-electron chi connectivity index (χ0n) is 22.6. The van der Waals surface area contributed by atoms with Crippen molar-refractivity contribution in [2.24, 2.45) is 4.99 Å². The van der Waals surface area contributed by atoms with E-state index in [9.17, 15) is 14.4 Å². The number of aromatic nitrogens is 1. The highest BCUT2D eigenvalue weighted by Crippen LogP contribution is 2.35. The van der Waals surface area contributed by atoms with Crippen LogP contribution in [0.15, 0.2) is 88.2 Å². The minimum atomic E-state index is -1.12. The van der Waals surface area contributed by atoms with Gasteiger partial charge in [-0.2, -0.15) is 0 Å². The van der Waals surface area contributed by atoms with E-state index in [-0.39, 0.29) is 23.5 Å². The standard InChI is InChI=1S/C31H25ClN2O7S/c1-3-40-30(38)26-27(19-7-5-4-6-8-19)33-31-34(28(26)20-10-12-21(32)13-11-20)29(37)24(42-31)16-18-9-14-22(23(15-18)39-2)41-17-25(35)36/h4-16,28H,3,17H2,1-2H3,(H,35,36)/b24-16+/t28-/m1/s1. The van der Waals surface area contributed by atoms with Crippen LogP contribution in [0.25, 0.3) is 11.8 Å². The molecule has 0 bridgehead atoms. The maximum atomic E-state index is 14.0. The lowest BCUT2D eigenvalue weighted by Gasteiger charge is -2.25. The van der Waals surface area contributed by atoms with Crippen molar-refractivity contribution >= 4 is 46.6 Å². The molecule has 0 fully saturated rings. The Morgan fingerprint density at radius 3 is 2.48 bits per heavy atom. The van der Waals surface area contributed by atoms with Crippen LogP contribution in [0.3, 0.4) is 0 Å². The number of rotatable bonds is 9. The van der Waals surface area contributed by atoms with Crippen molar-refractivity contribution < 1.29 is 28.9 Å². The normalized spacial score (nSPS) is 14.6. The molecule has 0 saturated carbocycles. The Bertz CT molecular complexity index is 1860. The number of carbonyl (C=O) groups is 2. The number of aliphatic carboxylic acids is 1. The predicted octanol–water partition coefficient (Wildman–Crippen LogP) is 4.06. The maximum absolute atomic E-state index is 14.0. The Balaban J connectivity index is 1.72. The molecular weight excluding hydrogens is 580 g/mol. The van der Waals surface area contributed by atoms with E-state index >= 15 is 0 Å². The summed E-state index contributed by atoms with van der Waals surface area (Å²) in [5, 5.41) is 9.45. The number of benzene rings is 3. The molecule has 4 aromatic rings. The minimum Gasteiger partial charge on any atom is -0.493 e. The van der Waals surface area contributed by atoms with Gasteiger partial charge in [0.15, 0.2) is 22.9 Å². The molecule has 0 aliphatic carbocycles. The lowest BCUT2D eigenvalue weighted by molar-refractivity contribution is -0.140. The van der Waals surface area contributed by atoms with Gasteiger partial charge in [0.2, 0.25) is 0 Å². The molecule has 1 aliphatic rings. The van der Waals surface area contributed by atoms with Crippen LogP contribution >= 0.6 is 22.9 Å². The molecule has 42 heavy (non-hydrogen) atoms. The molecule has 0 radical (unpaired) electrons. The van der Waals surface area contributed by atoms with Crippen LogP contribution in [0, 0.1) is 0 Å². The summed E-state index contributed by atoms with van der Waals surface area (Å²) in [6.07, 6.45) is 1.68. The Morgan fingerprint density at radius 2 is 1.81 bits per heavy atom. The number of ether oxygens (including phenoxy) is 3. The first-order valence-electron chi connectivity index (χ1n) is 12.9. The summed E-state index contributed by atoms with van der Waals surface area (Å²) < 4.78 is 18.0. The SMILES string of the molecule is CCOC(=O)C1=C(c2ccccc2)N=c2s/c(=C/c3ccc(OCC(=O)O)c(OC)c3)c(=O)n2[C@@H]1c1ccc(Cl)cc1. The van der Waals surface area contributed by atoms with Gasteiger partial charge in [0, 0.05) is 10.6 Å². The third-order valence-electron chi connectivity index (χ3n) is 6.40. The topological polar surface area (TPSA) is 116 Å². The third kappa shape index (κ3) is 5.86. The number of halogens is 1. The summed E-state index contributed by atoms with van der Waals surface area (Å²) in [7, 11) is 1.44. The third-order valence-corrected chi connectivity index (χ3v) is 7.63. The van der Waals surface area contributed by atoms with Gasteiger partial charge in [-0.1, -0.05) is 71.5 Å². The van der Waals surface area contributed by atoms with E-state index < -0.39 is 24.6 Å². The molecule has 1 aromatic heterocycles. The number of methoxy groups -OCH3 is 1. The molecule has 0 saturated heterocycles. The van der Waals surface area contributed by atoms with Crippen LogP contribution in [0.4, 0.5) is 0 Å². The van der Waals surface area contributed by atoms with E-state index in [1.807, 2.05) is 30.3 Å². The maximum Gasteiger partial charge on any atom is 0.341 e. The number of nitrogens with zero attached hydrogens (tertiary/aromatic N) is 2. The van der Waals surface area contributed by atoms with Crippen LogP contribution in [-0.2, 0) is 14.3 Å². The first-order chi connectivity index (χ1) is 20.3. The molecule has 5 rings (SSSR count). The number of carboxylic acids is 1. The molecule has 11 heteroatoms. The molecule has 1 N–H and O–H groups in total. The Kier molecular flexibility index (Phi) is 8.56. The first kappa shape index (κ1) is 28.8. The fourth-order valence-corrected chi connectivity index (χ4v) is 5.71. The Labute approximate surface area is 249 Å². The fourth-order valence-electron chi connectivity index (χ4n) is 4.58. The molecule has 1 atom stereocenters. The van der Waals surface area contributed by atoms with E-state index in [1.165, 1.54) is 23.0 Å². The van der Waals surface area contributed by atoms with Crippen molar-refractivity contribution in [2.75, 3.05) is 20.3 Å². The molecule has 214 valence electrons. The average molecular weight is 605 g/mol. The predicted molar refractivity (Wildman–Crippen MR) is 159 cm³/mol. The lowest BCUT2D eigenvalue weighted by atomic mass is 9.93. The molecule has 0 amide bonds. The van der Waals surface area contributed by atoms with E-state index in [0.29, 0.717) is 42.5 Å². The van der Waals surface area contributed by atoms with Crippen molar-refractivity contribution in [3.05, 3.63) is 120 Å². The average Bonchev–Trinajstić information content (AvgIpc) is 3.30. The molecule has 0 unspecified atom stereocenters. The summed E-state index contributed by atoms with van der Waals surface area (Å²) in [6.45, 7) is 1.35. The van der Waals surface area contributed by atoms with Gasteiger partial charge in [-0.25, -0.2) is 14.6 Å². The van der Waals surface area contributed by atoms with Gasteiger partial charge >= 0.3 is 11.9 Å². The molecule has 1 aliphatic heterocycles. The van der Waals surface area contributed by atoms with Crippen molar-refractivity contribution in [2.45, 2.75) is 13.0 Å². The monoisotopic (exact) mass is 604 g/mol. The van der Waals surface area contributed by atoms with Gasteiger partial charge in [-0.3, -0.25) is 9.36 Å². The number of hydrogen-bond donors (Lipinski definition) is 1. The summed E-state index contributed by atoms with van der Waals surface area (Å²) in [6, 6.07) is 20.3. The quantitative estimate of drug-likeness (QED) is 0.286. The largest absolute Gasteiger partial charge is 0.493 e. The highest BCUT2D eigenvalue weighted by atomic mass is 35.5. The minimum absolute atomic E-state index is 0.149. The van der Waals surface area contributed by atoms with Crippen molar-refractivity contribution in [1.29, 1.82) is 0 Å². The molecule has 2 heterocycles. The van der Waals surface area contributed by atoms with E-state index in [2.05, 4.69) is 0 Å². The zero-order chi connectivity index (χ0) is 29.8. The number of fused-ring (bicyclic) bond motifs is 1. The summed E-state index contributed by atoms with van der Waals surface area (Å²) in [5.74, 6) is -1.12. The first-order valence-corrected chi connectivity index (χ1v) is 14.1. The second-order valence-corrected chi connectivity index (χ2v) is 10.5. The van der Waals surface area contributed by atoms with Gasteiger partial charge in [0.05, 0.1) is 35.6 Å². The highest BCUT2D eigenvalue weighted by molar-refractivity contribution is 7.07. The molecule has 0 spiro atoms. The summed E-state index contributed by atoms with van der Waals surface area (Å²) in [5.41, 5.74) is 2.31. The second kappa shape index (κ2) is 12.5. The number of thiazole rings is 1. The second-order valence-electron chi connectivity index (χ2n) is 9.08.